The van der Waals surface area contributed by atoms with E-state index in [0.29, 0.717) is 28.6 Å². The van der Waals surface area contributed by atoms with Crippen LogP contribution in [0.4, 0.5) is 11.4 Å². The summed E-state index contributed by atoms with van der Waals surface area (Å²) >= 11 is 1.50. The summed E-state index contributed by atoms with van der Waals surface area (Å²) in [7, 11) is -3.78. The number of hydrogen-bond donors (Lipinski definition) is 2. The summed E-state index contributed by atoms with van der Waals surface area (Å²) in [5, 5.41) is 2.91. The molecule has 1 aliphatic heterocycles. The Hall–Kier alpha value is -3.30. The third kappa shape index (κ3) is 5.26. The van der Waals surface area contributed by atoms with Gasteiger partial charge in [-0.1, -0.05) is 24.3 Å². The van der Waals surface area contributed by atoms with Gasteiger partial charge in [-0.05, 0) is 73.5 Å². The lowest BCUT2D eigenvalue weighted by Gasteiger charge is -2.23. The van der Waals surface area contributed by atoms with Gasteiger partial charge in [0.2, 0.25) is 5.91 Å². The fourth-order valence-electron chi connectivity index (χ4n) is 3.57. The highest BCUT2D eigenvalue weighted by molar-refractivity contribution is 7.99. The molecule has 3 aromatic carbocycles. The Bertz CT molecular complexity index is 1310. The van der Waals surface area contributed by atoms with Crippen LogP contribution in [0.3, 0.4) is 0 Å². The quantitative estimate of drug-likeness (QED) is 0.533. The molecule has 0 spiro atoms. The first-order valence-electron chi connectivity index (χ1n) is 10.7. The zero-order chi connectivity index (χ0) is 24.3. The van der Waals surface area contributed by atoms with Gasteiger partial charge < -0.3 is 10.2 Å². The van der Waals surface area contributed by atoms with E-state index in [0.717, 1.165) is 11.1 Å². The minimum atomic E-state index is -3.78. The van der Waals surface area contributed by atoms with Gasteiger partial charge in [0, 0.05) is 22.7 Å². The number of hydrogen-bond acceptors (Lipinski definition) is 5. The second-order valence-corrected chi connectivity index (χ2v) is 10.8. The number of nitrogens with zero attached hydrogens (tertiary/aromatic N) is 1. The highest BCUT2D eigenvalue weighted by Crippen LogP contribution is 2.26. The normalized spacial score (nSPS) is 15.7. The molecule has 1 atom stereocenters. The topological polar surface area (TPSA) is 95.6 Å². The van der Waals surface area contributed by atoms with E-state index in [9.17, 15) is 18.0 Å². The monoisotopic (exact) mass is 495 g/mol. The molecule has 0 saturated carbocycles. The fraction of sp³-hybridized carbons (Fsp3) is 0.200. The molecule has 0 aliphatic carbocycles. The van der Waals surface area contributed by atoms with Crippen LogP contribution in [0, 0.1) is 13.8 Å². The van der Waals surface area contributed by atoms with Crippen molar-refractivity contribution >= 4 is 45.0 Å². The van der Waals surface area contributed by atoms with Crippen LogP contribution in [0.2, 0.25) is 0 Å². The highest BCUT2D eigenvalue weighted by atomic mass is 32.2. The Balaban J connectivity index is 1.46. The summed E-state index contributed by atoms with van der Waals surface area (Å²) in [6.07, 6.45) is 0. The number of carbonyl (C=O) groups excluding carboxylic acids is 2. The maximum atomic E-state index is 13.1. The summed E-state index contributed by atoms with van der Waals surface area (Å²) in [4.78, 5) is 27.6. The molecule has 0 radical (unpaired) electrons. The molecule has 1 heterocycles. The van der Waals surface area contributed by atoms with Gasteiger partial charge >= 0.3 is 0 Å². The molecule has 3 aromatic rings. The molecule has 9 heteroatoms. The number of carbonyl (C=O) groups is 2. The molecule has 34 heavy (non-hydrogen) atoms. The molecule has 1 aliphatic rings. The number of anilines is 2. The van der Waals surface area contributed by atoms with Crippen molar-refractivity contribution in [2.75, 3.05) is 21.7 Å². The van der Waals surface area contributed by atoms with Crippen molar-refractivity contribution in [3.8, 4) is 0 Å². The van der Waals surface area contributed by atoms with Crippen LogP contribution in [0.5, 0.6) is 0 Å². The molecule has 2 amide bonds. The number of sulfonamides is 1. The second-order valence-electron chi connectivity index (χ2n) is 8.07. The van der Waals surface area contributed by atoms with E-state index in [-0.39, 0.29) is 16.7 Å². The molecule has 1 saturated heterocycles. The Morgan fingerprint density at radius 1 is 0.912 bits per heavy atom. The van der Waals surface area contributed by atoms with Crippen LogP contribution in [0.15, 0.2) is 77.7 Å². The Kier molecular flexibility index (Phi) is 6.95. The van der Waals surface area contributed by atoms with Crippen molar-refractivity contribution in [1.29, 1.82) is 0 Å². The van der Waals surface area contributed by atoms with Gasteiger partial charge in [-0.3, -0.25) is 14.3 Å². The fourth-order valence-corrected chi connectivity index (χ4v) is 5.78. The van der Waals surface area contributed by atoms with Gasteiger partial charge in [-0.25, -0.2) is 8.42 Å². The van der Waals surface area contributed by atoms with E-state index in [2.05, 4.69) is 10.0 Å². The zero-order valence-electron chi connectivity index (χ0n) is 18.8. The van der Waals surface area contributed by atoms with Crippen molar-refractivity contribution in [3.05, 3.63) is 89.5 Å². The van der Waals surface area contributed by atoms with E-state index < -0.39 is 16.1 Å². The number of amides is 2. The maximum absolute atomic E-state index is 13.1. The molecular formula is C25H25N3O4S2. The number of benzene rings is 3. The van der Waals surface area contributed by atoms with Crippen LogP contribution in [0.1, 0.15) is 21.5 Å². The van der Waals surface area contributed by atoms with Crippen molar-refractivity contribution in [3.63, 3.8) is 0 Å². The molecule has 1 fully saturated rings. The predicted molar refractivity (Wildman–Crippen MR) is 136 cm³/mol. The van der Waals surface area contributed by atoms with Gasteiger partial charge in [0.25, 0.3) is 15.9 Å². The summed E-state index contributed by atoms with van der Waals surface area (Å²) in [6, 6.07) is 19.4. The van der Waals surface area contributed by atoms with Crippen LogP contribution in [0.25, 0.3) is 0 Å². The van der Waals surface area contributed by atoms with Crippen LogP contribution < -0.4 is 10.0 Å². The predicted octanol–water partition coefficient (Wildman–Crippen LogP) is 4.26. The minimum Gasteiger partial charge on any atom is -0.324 e. The molecule has 7 nitrogen and oxygen atoms in total. The molecule has 0 aromatic heterocycles. The van der Waals surface area contributed by atoms with Gasteiger partial charge in [0.1, 0.15) is 6.04 Å². The summed E-state index contributed by atoms with van der Waals surface area (Å²) in [5.41, 5.74) is 3.68. The van der Waals surface area contributed by atoms with Crippen molar-refractivity contribution < 1.29 is 18.0 Å². The summed E-state index contributed by atoms with van der Waals surface area (Å²) in [6.45, 7) is 3.98. The standard InChI is InChI=1S/C25H25N3O4S2/c1-17-8-11-21(14-18(17)2)26-24(29)23-15-33-16-28(23)25(30)19-9-12-22(13-10-19)34(31,32)27-20-6-4-3-5-7-20/h3-14,23,27H,15-16H2,1-2H3,(H,26,29). The second kappa shape index (κ2) is 9.90. The van der Waals surface area contributed by atoms with Crippen LogP contribution in [-0.4, -0.2) is 42.8 Å². The zero-order valence-corrected chi connectivity index (χ0v) is 20.4. The molecular weight excluding hydrogens is 470 g/mol. The van der Waals surface area contributed by atoms with E-state index >= 15 is 0 Å². The number of rotatable bonds is 6. The summed E-state index contributed by atoms with van der Waals surface area (Å²) < 4.78 is 27.8. The lowest BCUT2D eigenvalue weighted by molar-refractivity contribution is -0.119. The minimum absolute atomic E-state index is 0.0488. The Labute approximate surface area is 203 Å². The van der Waals surface area contributed by atoms with Crippen LogP contribution in [-0.2, 0) is 14.8 Å². The maximum Gasteiger partial charge on any atom is 0.261 e. The number of nitrogens with one attached hydrogen (secondary N) is 2. The van der Waals surface area contributed by atoms with Crippen LogP contribution >= 0.6 is 11.8 Å². The summed E-state index contributed by atoms with van der Waals surface area (Å²) in [5.74, 6) is 0.327. The lowest BCUT2D eigenvalue weighted by atomic mass is 10.1. The third-order valence-electron chi connectivity index (χ3n) is 5.66. The SMILES string of the molecule is Cc1ccc(NC(=O)C2CSCN2C(=O)c2ccc(S(=O)(=O)Nc3ccccc3)cc2)cc1C. The van der Waals surface area contributed by atoms with Gasteiger partial charge in [-0.15, -0.1) is 11.8 Å². The van der Waals surface area contributed by atoms with Crippen molar-refractivity contribution in [2.24, 2.45) is 0 Å². The number of thioether (sulfide) groups is 1. The Morgan fingerprint density at radius 2 is 1.62 bits per heavy atom. The van der Waals surface area contributed by atoms with Crippen molar-refractivity contribution in [2.45, 2.75) is 24.8 Å². The average Bonchev–Trinajstić information content (AvgIpc) is 3.32. The number of para-hydroxylation sites is 1. The first-order valence-corrected chi connectivity index (χ1v) is 13.3. The Morgan fingerprint density at radius 3 is 2.29 bits per heavy atom. The number of aryl methyl sites for hydroxylation is 2. The first-order chi connectivity index (χ1) is 16.2. The van der Waals surface area contributed by atoms with E-state index in [1.54, 1.807) is 30.3 Å². The van der Waals surface area contributed by atoms with Crippen molar-refractivity contribution in [1.82, 2.24) is 4.90 Å². The van der Waals surface area contributed by atoms with E-state index in [4.69, 9.17) is 0 Å². The smallest absolute Gasteiger partial charge is 0.261 e. The van der Waals surface area contributed by atoms with E-state index in [1.807, 2.05) is 32.0 Å². The average molecular weight is 496 g/mol. The molecule has 4 rings (SSSR count). The largest absolute Gasteiger partial charge is 0.324 e. The molecule has 2 N–H and O–H groups in total. The molecule has 1 unspecified atom stereocenters. The highest BCUT2D eigenvalue weighted by Gasteiger charge is 2.35. The lowest BCUT2D eigenvalue weighted by Crippen LogP contribution is -2.44. The molecule has 0 bridgehead atoms. The van der Waals surface area contributed by atoms with Gasteiger partial charge in [0.05, 0.1) is 10.8 Å². The van der Waals surface area contributed by atoms with E-state index in [1.165, 1.54) is 40.9 Å². The first kappa shape index (κ1) is 23.8. The van der Waals surface area contributed by atoms with Gasteiger partial charge in [-0.2, -0.15) is 0 Å². The molecule has 176 valence electrons. The van der Waals surface area contributed by atoms with Gasteiger partial charge in [0.15, 0.2) is 0 Å². The third-order valence-corrected chi connectivity index (χ3v) is 8.07.